The number of hydrogen-bond acceptors (Lipinski definition) is 5. The van der Waals surface area contributed by atoms with E-state index in [9.17, 15) is 0 Å². The van der Waals surface area contributed by atoms with E-state index >= 15 is 0 Å². The van der Waals surface area contributed by atoms with Crippen molar-refractivity contribution >= 4 is 22.7 Å². The Morgan fingerprint density at radius 2 is 2.00 bits per heavy atom. The number of nitrogens with zero attached hydrogens (tertiary/aromatic N) is 2. The van der Waals surface area contributed by atoms with Crippen LogP contribution < -0.4 is 10.2 Å². The molecule has 1 N–H and O–H groups in total. The molecule has 0 unspecified atom stereocenters. The van der Waals surface area contributed by atoms with Gasteiger partial charge in [0.1, 0.15) is 5.01 Å². The molecule has 0 saturated carbocycles. The molecule has 1 aromatic carbocycles. The molecule has 1 fully saturated rings. The van der Waals surface area contributed by atoms with Gasteiger partial charge >= 0.3 is 0 Å². The molecule has 1 aromatic heterocycles. The number of nitrogens with one attached hydrogen (secondary N) is 1. The van der Waals surface area contributed by atoms with Crippen LogP contribution in [0, 0.1) is 0 Å². The van der Waals surface area contributed by atoms with Crippen molar-refractivity contribution in [1.29, 1.82) is 0 Å². The SMILES string of the molecule is c1csc(CNc2ccc(N3CCOCC3)cc2)n1. The Labute approximate surface area is 117 Å². The monoisotopic (exact) mass is 275 g/mol. The Kier molecular flexibility index (Phi) is 3.95. The van der Waals surface area contributed by atoms with Gasteiger partial charge in [0.15, 0.2) is 0 Å². The van der Waals surface area contributed by atoms with Crippen LogP contribution in [0.25, 0.3) is 0 Å². The molecular weight excluding hydrogens is 258 g/mol. The fraction of sp³-hybridized carbons (Fsp3) is 0.357. The number of anilines is 2. The average Bonchev–Trinajstić information content (AvgIpc) is 3.00. The van der Waals surface area contributed by atoms with Crippen LogP contribution in [0.1, 0.15) is 5.01 Å². The highest BCUT2D eigenvalue weighted by atomic mass is 32.1. The van der Waals surface area contributed by atoms with E-state index in [1.54, 1.807) is 11.3 Å². The highest BCUT2D eigenvalue weighted by molar-refractivity contribution is 7.09. The second kappa shape index (κ2) is 6.04. The summed E-state index contributed by atoms with van der Waals surface area (Å²) >= 11 is 1.67. The molecule has 100 valence electrons. The minimum atomic E-state index is 0.786. The van der Waals surface area contributed by atoms with Gasteiger partial charge in [-0.15, -0.1) is 11.3 Å². The van der Waals surface area contributed by atoms with Crippen molar-refractivity contribution in [3.63, 3.8) is 0 Å². The first kappa shape index (κ1) is 12.4. The van der Waals surface area contributed by atoms with Crippen molar-refractivity contribution in [3.8, 4) is 0 Å². The summed E-state index contributed by atoms with van der Waals surface area (Å²) in [6.45, 7) is 4.39. The summed E-state index contributed by atoms with van der Waals surface area (Å²) in [5.74, 6) is 0. The minimum absolute atomic E-state index is 0.786. The Morgan fingerprint density at radius 3 is 2.68 bits per heavy atom. The number of morpholine rings is 1. The summed E-state index contributed by atoms with van der Waals surface area (Å²) in [7, 11) is 0. The molecule has 2 heterocycles. The zero-order chi connectivity index (χ0) is 12.9. The van der Waals surface area contributed by atoms with Crippen molar-refractivity contribution in [2.45, 2.75) is 6.54 Å². The molecule has 5 heteroatoms. The van der Waals surface area contributed by atoms with Gasteiger partial charge in [-0.05, 0) is 24.3 Å². The molecule has 4 nitrogen and oxygen atoms in total. The molecule has 3 rings (SSSR count). The second-order valence-corrected chi connectivity index (χ2v) is 5.40. The van der Waals surface area contributed by atoms with Crippen molar-refractivity contribution in [2.75, 3.05) is 36.5 Å². The van der Waals surface area contributed by atoms with Crippen LogP contribution in [-0.2, 0) is 11.3 Å². The highest BCUT2D eigenvalue weighted by Gasteiger charge is 2.10. The Bertz CT molecular complexity index is 492. The van der Waals surface area contributed by atoms with Gasteiger partial charge in [-0.3, -0.25) is 0 Å². The van der Waals surface area contributed by atoms with E-state index in [2.05, 4.69) is 39.5 Å². The van der Waals surface area contributed by atoms with Crippen molar-refractivity contribution in [3.05, 3.63) is 40.8 Å². The molecule has 2 aromatic rings. The van der Waals surface area contributed by atoms with Gasteiger partial charge in [0.25, 0.3) is 0 Å². The molecular formula is C14H17N3OS. The third kappa shape index (κ3) is 3.24. The molecule has 0 atom stereocenters. The lowest BCUT2D eigenvalue weighted by molar-refractivity contribution is 0.122. The summed E-state index contributed by atoms with van der Waals surface area (Å²) in [6.07, 6.45) is 1.84. The number of thiazole rings is 1. The molecule has 1 saturated heterocycles. The lowest BCUT2D eigenvalue weighted by Gasteiger charge is -2.28. The molecule has 0 aliphatic carbocycles. The highest BCUT2D eigenvalue weighted by Crippen LogP contribution is 2.19. The van der Waals surface area contributed by atoms with Crippen molar-refractivity contribution < 1.29 is 4.74 Å². The minimum Gasteiger partial charge on any atom is -0.379 e. The third-order valence-electron chi connectivity index (χ3n) is 3.17. The number of benzene rings is 1. The average molecular weight is 275 g/mol. The van der Waals surface area contributed by atoms with Crippen LogP contribution in [0.4, 0.5) is 11.4 Å². The summed E-state index contributed by atoms with van der Waals surface area (Å²) in [4.78, 5) is 6.61. The second-order valence-electron chi connectivity index (χ2n) is 4.43. The maximum Gasteiger partial charge on any atom is 0.112 e. The number of rotatable bonds is 4. The lowest BCUT2D eigenvalue weighted by atomic mass is 10.2. The van der Waals surface area contributed by atoms with E-state index in [1.165, 1.54) is 5.69 Å². The van der Waals surface area contributed by atoms with Crippen LogP contribution in [0.5, 0.6) is 0 Å². The molecule has 0 bridgehead atoms. The van der Waals surface area contributed by atoms with Crippen LogP contribution in [-0.4, -0.2) is 31.3 Å². The third-order valence-corrected chi connectivity index (χ3v) is 3.95. The van der Waals surface area contributed by atoms with Gasteiger partial charge in [-0.2, -0.15) is 0 Å². The van der Waals surface area contributed by atoms with Gasteiger partial charge in [-0.1, -0.05) is 0 Å². The topological polar surface area (TPSA) is 37.4 Å². The molecule has 0 radical (unpaired) electrons. The van der Waals surface area contributed by atoms with E-state index < -0.39 is 0 Å². The largest absolute Gasteiger partial charge is 0.379 e. The summed E-state index contributed by atoms with van der Waals surface area (Å²) in [6, 6.07) is 8.57. The van der Waals surface area contributed by atoms with E-state index in [0.717, 1.165) is 43.5 Å². The number of ether oxygens (including phenoxy) is 1. The van der Waals surface area contributed by atoms with Gasteiger partial charge in [0.2, 0.25) is 0 Å². The van der Waals surface area contributed by atoms with Gasteiger partial charge in [0, 0.05) is 36.0 Å². The predicted octanol–water partition coefficient (Wildman–Crippen LogP) is 2.59. The standard InChI is InChI=1S/C14H17N3OS/c1-3-13(17-6-8-18-9-7-17)4-2-12(1)16-11-14-15-5-10-19-14/h1-5,10,16H,6-9,11H2. The normalized spacial score (nSPS) is 15.5. The van der Waals surface area contributed by atoms with Crippen LogP contribution in [0.15, 0.2) is 35.8 Å². The van der Waals surface area contributed by atoms with Crippen molar-refractivity contribution in [1.82, 2.24) is 4.98 Å². The first-order valence-electron chi connectivity index (χ1n) is 6.47. The van der Waals surface area contributed by atoms with E-state index in [-0.39, 0.29) is 0 Å². The maximum atomic E-state index is 5.37. The molecule has 1 aliphatic rings. The van der Waals surface area contributed by atoms with E-state index in [0.29, 0.717) is 0 Å². The van der Waals surface area contributed by atoms with Gasteiger partial charge in [-0.25, -0.2) is 4.98 Å². The number of hydrogen-bond donors (Lipinski definition) is 1. The molecule has 19 heavy (non-hydrogen) atoms. The smallest absolute Gasteiger partial charge is 0.112 e. The summed E-state index contributed by atoms with van der Waals surface area (Å²) in [5.41, 5.74) is 2.40. The molecule has 0 spiro atoms. The van der Waals surface area contributed by atoms with E-state index in [4.69, 9.17) is 4.74 Å². The first-order valence-corrected chi connectivity index (χ1v) is 7.35. The molecule has 1 aliphatic heterocycles. The zero-order valence-corrected chi connectivity index (χ0v) is 11.5. The summed E-state index contributed by atoms with van der Waals surface area (Å²) < 4.78 is 5.37. The number of aromatic nitrogens is 1. The van der Waals surface area contributed by atoms with Gasteiger partial charge in [0.05, 0.1) is 19.8 Å². The van der Waals surface area contributed by atoms with E-state index in [1.807, 2.05) is 11.6 Å². The van der Waals surface area contributed by atoms with Crippen LogP contribution in [0.2, 0.25) is 0 Å². The quantitative estimate of drug-likeness (QED) is 0.930. The van der Waals surface area contributed by atoms with Crippen LogP contribution in [0.3, 0.4) is 0 Å². The van der Waals surface area contributed by atoms with Crippen LogP contribution >= 0.6 is 11.3 Å². The Hall–Kier alpha value is -1.59. The lowest BCUT2D eigenvalue weighted by Crippen LogP contribution is -2.36. The fourth-order valence-electron chi connectivity index (χ4n) is 2.13. The first-order chi connectivity index (χ1) is 9.42. The molecule has 0 amide bonds. The van der Waals surface area contributed by atoms with Gasteiger partial charge < -0.3 is 15.0 Å². The fourth-order valence-corrected chi connectivity index (χ4v) is 2.69. The summed E-state index contributed by atoms with van der Waals surface area (Å²) in [5, 5.41) is 6.49. The van der Waals surface area contributed by atoms with Crippen molar-refractivity contribution in [2.24, 2.45) is 0 Å². The Balaban J connectivity index is 1.58. The zero-order valence-electron chi connectivity index (χ0n) is 10.7. The Morgan fingerprint density at radius 1 is 1.21 bits per heavy atom. The maximum absolute atomic E-state index is 5.37. The predicted molar refractivity (Wildman–Crippen MR) is 78.9 cm³/mol.